The number of thioether (sulfide) groups is 1. The molecule has 104 valence electrons. The number of halogens is 1. The van der Waals surface area contributed by atoms with Crippen molar-refractivity contribution in [3.63, 3.8) is 0 Å². The lowest BCUT2D eigenvalue weighted by atomic mass is 10.2. The zero-order valence-corrected chi connectivity index (χ0v) is 12.4. The number of rotatable bonds is 2. The van der Waals surface area contributed by atoms with E-state index in [1.54, 1.807) is 12.3 Å². The number of aromatic nitrogens is 1. The summed E-state index contributed by atoms with van der Waals surface area (Å²) in [7, 11) is 0. The quantitative estimate of drug-likeness (QED) is 0.631. The zero-order chi connectivity index (χ0) is 14.8. The standard InChI is InChI=1S/C15H9FN2OS2/c16-10-4-6-12(7-5-10)18-14(19)13(21-15(18)20)9-11-3-1-2-8-17-11/h1-9H/p+1. The molecule has 21 heavy (non-hydrogen) atoms. The van der Waals surface area contributed by atoms with E-state index in [-0.39, 0.29) is 11.7 Å². The van der Waals surface area contributed by atoms with Gasteiger partial charge in [-0.25, -0.2) is 9.37 Å². The summed E-state index contributed by atoms with van der Waals surface area (Å²) in [6, 6.07) is 11.3. The molecule has 3 nitrogen and oxygen atoms in total. The summed E-state index contributed by atoms with van der Waals surface area (Å²) in [4.78, 5) is 17.4. The van der Waals surface area contributed by atoms with Crippen LogP contribution in [0.2, 0.25) is 0 Å². The van der Waals surface area contributed by atoms with Gasteiger partial charge in [0.1, 0.15) is 5.82 Å². The molecule has 6 heteroatoms. The highest BCUT2D eigenvalue weighted by Gasteiger charge is 2.33. The number of nitrogens with one attached hydrogen (secondary N) is 1. The SMILES string of the molecule is O=C1C(=Cc2cccc[nH+]2)SC(=S)N1c1ccc(F)cc1. The van der Waals surface area contributed by atoms with Crippen molar-refractivity contribution in [2.45, 2.75) is 0 Å². The monoisotopic (exact) mass is 317 g/mol. The molecule has 2 heterocycles. The van der Waals surface area contributed by atoms with Crippen LogP contribution < -0.4 is 9.88 Å². The summed E-state index contributed by atoms with van der Waals surface area (Å²) in [5.41, 5.74) is 1.39. The van der Waals surface area contributed by atoms with Crippen LogP contribution in [0.1, 0.15) is 5.69 Å². The van der Waals surface area contributed by atoms with Crippen LogP contribution in [0.15, 0.2) is 53.6 Å². The maximum atomic E-state index is 13.0. The van der Waals surface area contributed by atoms with E-state index in [2.05, 4.69) is 4.98 Å². The highest BCUT2D eigenvalue weighted by Crippen LogP contribution is 2.35. The fourth-order valence-electron chi connectivity index (χ4n) is 1.92. The number of pyridine rings is 1. The molecular formula is C15H10FN2OS2+. The van der Waals surface area contributed by atoms with Gasteiger partial charge in [0, 0.05) is 18.2 Å². The number of aromatic amines is 1. The lowest BCUT2D eigenvalue weighted by molar-refractivity contribution is -0.380. The van der Waals surface area contributed by atoms with Crippen molar-refractivity contribution in [1.82, 2.24) is 0 Å². The molecule has 1 N–H and O–H groups in total. The third-order valence-corrected chi connectivity index (χ3v) is 4.20. The Morgan fingerprint density at radius 3 is 2.62 bits per heavy atom. The van der Waals surface area contributed by atoms with E-state index in [1.165, 1.54) is 40.9 Å². The highest BCUT2D eigenvalue weighted by atomic mass is 32.2. The largest absolute Gasteiger partial charge is 0.271 e. The molecular weight excluding hydrogens is 307 g/mol. The number of nitrogens with zero attached hydrogens (tertiary/aromatic N) is 1. The number of amides is 1. The Labute approximate surface area is 130 Å². The van der Waals surface area contributed by atoms with E-state index >= 15 is 0 Å². The summed E-state index contributed by atoms with van der Waals surface area (Å²) in [5, 5.41) is 0. The predicted molar refractivity (Wildman–Crippen MR) is 85.0 cm³/mol. The number of thiocarbonyl (C=S) groups is 1. The minimum Gasteiger partial charge on any atom is -0.268 e. The third-order valence-electron chi connectivity index (χ3n) is 2.90. The van der Waals surface area contributed by atoms with Gasteiger partial charge in [0.15, 0.2) is 10.5 Å². The molecule has 0 unspecified atom stereocenters. The summed E-state index contributed by atoms with van der Waals surface area (Å²) >= 11 is 6.48. The second-order valence-electron chi connectivity index (χ2n) is 4.31. The average molecular weight is 317 g/mol. The Balaban J connectivity index is 1.92. The fraction of sp³-hybridized carbons (Fsp3) is 0. The van der Waals surface area contributed by atoms with Gasteiger partial charge in [-0.2, -0.15) is 0 Å². The minimum atomic E-state index is -0.349. The molecule has 1 aliphatic heterocycles. The van der Waals surface area contributed by atoms with Crippen LogP contribution in [0.5, 0.6) is 0 Å². The molecule has 0 bridgehead atoms. The smallest absolute Gasteiger partial charge is 0.268 e. The van der Waals surface area contributed by atoms with Crippen molar-refractivity contribution in [3.05, 3.63) is 65.1 Å². The molecule has 0 aliphatic carbocycles. The molecule has 2 aromatic rings. The van der Waals surface area contributed by atoms with E-state index in [1.807, 2.05) is 18.2 Å². The van der Waals surface area contributed by atoms with Crippen LogP contribution in [0, 0.1) is 5.82 Å². The molecule has 0 radical (unpaired) electrons. The first-order valence-corrected chi connectivity index (χ1v) is 7.38. The van der Waals surface area contributed by atoms with Gasteiger partial charge in [0.05, 0.1) is 10.6 Å². The second-order valence-corrected chi connectivity index (χ2v) is 5.99. The fourth-order valence-corrected chi connectivity index (χ4v) is 3.21. The molecule has 1 saturated heterocycles. The number of benzene rings is 1. The van der Waals surface area contributed by atoms with E-state index in [4.69, 9.17) is 12.2 Å². The minimum absolute atomic E-state index is 0.200. The van der Waals surface area contributed by atoms with Gasteiger partial charge < -0.3 is 0 Å². The Kier molecular flexibility index (Phi) is 3.81. The summed E-state index contributed by atoms with van der Waals surface area (Å²) < 4.78 is 13.4. The highest BCUT2D eigenvalue weighted by molar-refractivity contribution is 8.27. The lowest BCUT2D eigenvalue weighted by Gasteiger charge is -2.13. The molecule has 0 spiro atoms. The van der Waals surface area contributed by atoms with Gasteiger partial charge in [-0.1, -0.05) is 24.0 Å². The first kappa shape index (κ1) is 13.9. The van der Waals surface area contributed by atoms with Gasteiger partial charge >= 0.3 is 0 Å². The van der Waals surface area contributed by atoms with Crippen LogP contribution in [-0.4, -0.2) is 10.2 Å². The van der Waals surface area contributed by atoms with Crippen molar-refractivity contribution in [1.29, 1.82) is 0 Å². The van der Waals surface area contributed by atoms with Gasteiger partial charge in [0.25, 0.3) is 5.91 Å². The van der Waals surface area contributed by atoms with Gasteiger partial charge in [-0.3, -0.25) is 9.69 Å². The Hall–Kier alpha value is -2.05. The normalized spacial score (nSPS) is 16.8. The summed E-state index contributed by atoms with van der Waals surface area (Å²) in [5.74, 6) is -0.549. The molecule has 0 saturated carbocycles. The predicted octanol–water partition coefficient (Wildman–Crippen LogP) is 3.05. The topological polar surface area (TPSA) is 34.5 Å². The van der Waals surface area contributed by atoms with Crippen LogP contribution in [0.4, 0.5) is 10.1 Å². The van der Waals surface area contributed by atoms with Crippen molar-refractivity contribution in [2.75, 3.05) is 4.90 Å². The first-order chi connectivity index (χ1) is 10.1. The number of H-pyrrole nitrogens is 1. The maximum Gasteiger partial charge on any atom is 0.271 e. The number of hydrogen-bond acceptors (Lipinski definition) is 3. The van der Waals surface area contributed by atoms with Gasteiger partial charge in [0.2, 0.25) is 5.69 Å². The Bertz CT molecular complexity index is 729. The molecule has 1 aromatic carbocycles. The number of hydrogen-bond donors (Lipinski definition) is 0. The van der Waals surface area contributed by atoms with Crippen LogP contribution >= 0.6 is 24.0 Å². The van der Waals surface area contributed by atoms with Crippen LogP contribution in [0.3, 0.4) is 0 Å². The zero-order valence-electron chi connectivity index (χ0n) is 10.7. The summed E-state index contributed by atoms with van der Waals surface area (Å²) in [6.07, 6.45) is 3.54. The molecule has 1 aromatic heterocycles. The number of carbonyl (C=O) groups is 1. The van der Waals surface area contributed by atoms with E-state index in [9.17, 15) is 9.18 Å². The van der Waals surface area contributed by atoms with Crippen LogP contribution in [0.25, 0.3) is 6.08 Å². The van der Waals surface area contributed by atoms with E-state index in [0.29, 0.717) is 14.9 Å². The second kappa shape index (κ2) is 5.75. The average Bonchev–Trinajstić information content (AvgIpc) is 2.76. The molecule has 3 rings (SSSR count). The van der Waals surface area contributed by atoms with Crippen LogP contribution in [-0.2, 0) is 4.79 Å². The lowest BCUT2D eigenvalue weighted by Crippen LogP contribution is -2.27. The van der Waals surface area contributed by atoms with Crippen molar-refractivity contribution in [3.8, 4) is 0 Å². The van der Waals surface area contributed by atoms with Gasteiger partial charge in [-0.15, -0.1) is 0 Å². The van der Waals surface area contributed by atoms with Gasteiger partial charge in [-0.05, 0) is 30.3 Å². The molecule has 1 aliphatic rings. The molecule has 0 atom stereocenters. The Morgan fingerprint density at radius 1 is 1.19 bits per heavy atom. The van der Waals surface area contributed by atoms with Crippen molar-refractivity contribution >= 4 is 46.0 Å². The van der Waals surface area contributed by atoms with E-state index in [0.717, 1.165) is 5.69 Å². The third kappa shape index (κ3) is 2.86. The Morgan fingerprint density at radius 2 is 1.95 bits per heavy atom. The number of carbonyl (C=O) groups excluding carboxylic acids is 1. The maximum absolute atomic E-state index is 13.0. The number of anilines is 1. The molecule has 1 amide bonds. The van der Waals surface area contributed by atoms with Crippen molar-refractivity contribution < 1.29 is 14.2 Å². The first-order valence-electron chi connectivity index (χ1n) is 6.15. The van der Waals surface area contributed by atoms with Crippen molar-refractivity contribution in [2.24, 2.45) is 0 Å². The molecule has 1 fully saturated rings. The summed E-state index contributed by atoms with van der Waals surface area (Å²) in [6.45, 7) is 0. The van der Waals surface area contributed by atoms with E-state index < -0.39 is 0 Å².